The van der Waals surface area contributed by atoms with Gasteiger partial charge in [0.15, 0.2) is 0 Å². The van der Waals surface area contributed by atoms with Crippen molar-refractivity contribution in [3.8, 4) is 17.8 Å². The fourth-order valence-corrected chi connectivity index (χ4v) is 8.61. The average molecular weight is 817 g/mol. The molecule has 2 saturated carbocycles. The number of carboxylic acid groups (broad SMARTS) is 1. The van der Waals surface area contributed by atoms with Crippen molar-refractivity contribution in [3.05, 3.63) is 104 Å². The largest absolute Gasteiger partial charge is 0.477 e. The molecule has 2 unspecified atom stereocenters. The smallest absolute Gasteiger partial charge is 0.341 e. The predicted molar refractivity (Wildman–Crippen MR) is 212 cm³/mol. The van der Waals surface area contributed by atoms with Gasteiger partial charge in [-0.15, -0.1) is 0 Å². The van der Waals surface area contributed by atoms with Crippen molar-refractivity contribution in [2.75, 3.05) is 25.7 Å². The number of hydrogen-bond acceptors (Lipinski definition) is 13. The van der Waals surface area contributed by atoms with Crippen LogP contribution in [0.3, 0.4) is 0 Å². The summed E-state index contributed by atoms with van der Waals surface area (Å²) in [5, 5.41) is 21.8. The molecule has 4 aromatic heterocycles. The van der Waals surface area contributed by atoms with Crippen molar-refractivity contribution in [1.82, 2.24) is 24.4 Å². The number of ether oxygens (including phenoxy) is 2. The maximum Gasteiger partial charge on any atom is 0.341 e. The minimum atomic E-state index is -2.77. The molecule has 0 saturated heterocycles. The van der Waals surface area contributed by atoms with Crippen LogP contribution in [-0.4, -0.2) is 79.7 Å². The average Bonchev–Trinajstić information content (AvgIpc) is 4.11. The lowest BCUT2D eigenvalue weighted by Crippen LogP contribution is -2.32. The first-order chi connectivity index (χ1) is 26.8. The van der Waals surface area contributed by atoms with E-state index in [0.29, 0.717) is 53.1 Å². The molecule has 4 heterocycles. The summed E-state index contributed by atoms with van der Waals surface area (Å²) in [6, 6.07) is 14.9. The first-order valence-corrected chi connectivity index (χ1v) is 21.4. The Bertz CT molecular complexity index is 2840. The second-order valence-corrected chi connectivity index (χ2v) is 19.5. The van der Waals surface area contributed by atoms with Crippen LogP contribution in [0.25, 0.3) is 21.8 Å². The van der Waals surface area contributed by atoms with Crippen molar-refractivity contribution in [1.29, 1.82) is 14.8 Å². The molecular formula is C38H40N8O9S2. The van der Waals surface area contributed by atoms with Gasteiger partial charge in [-0.05, 0) is 67.6 Å². The maximum atomic E-state index is 13.0. The highest BCUT2D eigenvalue weighted by Crippen LogP contribution is 2.45. The zero-order valence-corrected chi connectivity index (χ0v) is 33.1. The molecule has 1 amide bonds. The number of benzene rings is 1. The van der Waals surface area contributed by atoms with Crippen molar-refractivity contribution in [2.45, 2.75) is 41.7 Å². The van der Waals surface area contributed by atoms with Gasteiger partial charge in [-0.3, -0.25) is 23.9 Å². The third-order valence-corrected chi connectivity index (χ3v) is 14.8. The van der Waals surface area contributed by atoms with E-state index < -0.39 is 51.9 Å². The van der Waals surface area contributed by atoms with Crippen LogP contribution in [0.2, 0.25) is 0 Å². The fourth-order valence-electron chi connectivity index (χ4n) is 6.28. The number of aryl methyl sites for hydroxylation is 2. The highest BCUT2D eigenvalue weighted by atomic mass is 32.2. The zero-order chi connectivity index (χ0) is 41.5. The lowest BCUT2D eigenvalue weighted by atomic mass is 10.1. The van der Waals surface area contributed by atoms with Crippen LogP contribution >= 0.6 is 0 Å². The molecule has 0 aliphatic heterocycles. The summed E-state index contributed by atoms with van der Waals surface area (Å²) in [5.41, 5.74) is 0.617. The van der Waals surface area contributed by atoms with Crippen LogP contribution in [0, 0.1) is 20.9 Å². The minimum Gasteiger partial charge on any atom is -0.477 e. The van der Waals surface area contributed by atoms with Crippen LogP contribution < -0.4 is 25.9 Å². The van der Waals surface area contributed by atoms with E-state index in [1.165, 1.54) is 60.3 Å². The molecule has 2 fully saturated rings. The highest BCUT2D eigenvalue weighted by Gasteiger charge is 2.51. The molecular weight excluding hydrogens is 777 g/mol. The lowest BCUT2D eigenvalue weighted by Gasteiger charge is -2.18. The molecule has 2 aliphatic carbocycles. The Morgan fingerprint density at radius 2 is 1.26 bits per heavy atom. The maximum absolute atomic E-state index is 13.0. The van der Waals surface area contributed by atoms with E-state index in [1.807, 2.05) is 6.07 Å². The standard InChI is InChI=1S/C23H23N5O4S.C15H17N3O5S/c1-28-19-17(7-10-26-21(19)32-14-23(8-9-23)33(2,25)31)11-18(22(28)30)20(29)27-13-16-5-3-15(12-24)4-6-16;1-18-11-9(7-10(13(18)19)14(20)21)3-6-17-12(11)23-8-15(4-5-15)24(2,16)22/h3-7,10-11,25H,8-9,13-14H2,1-2H3,(H,27,29);3,6-7,16H,4-5,8H2,1-2H3,(H,20,21). The molecule has 2 atom stereocenters. The molecule has 17 nitrogen and oxygen atoms in total. The summed E-state index contributed by atoms with van der Waals surface area (Å²) >= 11 is 0. The number of fused-ring (bicyclic) bond motifs is 2. The molecule has 1 aromatic carbocycles. The van der Waals surface area contributed by atoms with Gasteiger partial charge in [0, 0.05) is 56.3 Å². The molecule has 19 heteroatoms. The summed E-state index contributed by atoms with van der Waals surface area (Å²) in [4.78, 5) is 57.4. The first-order valence-electron chi connectivity index (χ1n) is 17.5. The fraction of sp³-hybridized carbons (Fsp3) is 0.342. The molecule has 0 radical (unpaired) electrons. The summed E-state index contributed by atoms with van der Waals surface area (Å²) in [6.45, 7) is 0.369. The normalized spacial score (nSPS) is 16.8. The molecule has 4 N–H and O–H groups in total. The predicted octanol–water partition coefficient (Wildman–Crippen LogP) is 3.54. The van der Waals surface area contributed by atoms with Crippen molar-refractivity contribution >= 4 is 53.1 Å². The number of carbonyl (C=O) groups excluding carboxylic acids is 1. The third-order valence-electron chi connectivity index (χ3n) is 10.4. The summed E-state index contributed by atoms with van der Waals surface area (Å²) < 4.78 is 52.7. The van der Waals surface area contributed by atoms with Crippen LogP contribution in [0.1, 0.15) is 57.5 Å². The van der Waals surface area contributed by atoms with Gasteiger partial charge in [-0.1, -0.05) is 12.1 Å². The van der Waals surface area contributed by atoms with E-state index in [-0.39, 0.29) is 42.6 Å². The van der Waals surface area contributed by atoms with Gasteiger partial charge in [0.05, 0.1) is 40.6 Å². The van der Waals surface area contributed by atoms with E-state index in [0.717, 1.165) is 5.56 Å². The van der Waals surface area contributed by atoms with Crippen LogP contribution in [0.4, 0.5) is 0 Å². The number of amides is 1. The quantitative estimate of drug-likeness (QED) is 0.141. The van der Waals surface area contributed by atoms with Gasteiger partial charge in [-0.2, -0.15) is 5.26 Å². The Kier molecular flexibility index (Phi) is 10.7. The number of nitriles is 1. The molecule has 5 aromatic rings. The number of hydrogen-bond donors (Lipinski definition) is 4. The van der Waals surface area contributed by atoms with Gasteiger partial charge in [0.25, 0.3) is 17.0 Å². The van der Waals surface area contributed by atoms with E-state index in [2.05, 4.69) is 15.3 Å². The number of aromatic nitrogens is 4. The Labute approximate surface area is 327 Å². The van der Waals surface area contributed by atoms with Crippen molar-refractivity contribution < 1.29 is 32.6 Å². The molecule has 0 spiro atoms. The highest BCUT2D eigenvalue weighted by molar-refractivity contribution is 7.93. The summed E-state index contributed by atoms with van der Waals surface area (Å²) in [6.07, 6.45) is 8.39. The molecule has 7 rings (SSSR count). The minimum absolute atomic E-state index is 0.0165. The summed E-state index contributed by atoms with van der Waals surface area (Å²) in [5.74, 6) is -1.45. The number of carbonyl (C=O) groups is 2. The van der Waals surface area contributed by atoms with E-state index in [1.54, 1.807) is 36.4 Å². The Hall–Kier alpha value is -6.13. The second kappa shape index (κ2) is 15.1. The van der Waals surface area contributed by atoms with E-state index in [4.69, 9.17) is 29.4 Å². The number of pyridine rings is 4. The first kappa shape index (κ1) is 40.5. The molecule has 0 bridgehead atoms. The summed E-state index contributed by atoms with van der Waals surface area (Å²) in [7, 11) is -2.54. The number of nitrogens with zero attached hydrogens (tertiary/aromatic N) is 5. The van der Waals surface area contributed by atoms with Gasteiger partial charge < -0.3 is 29.0 Å². The Morgan fingerprint density at radius 1 is 0.825 bits per heavy atom. The van der Waals surface area contributed by atoms with Gasteiger partial charge in [-0.25, -0.2) is 23.2 Å². The number of rotatable bonds is 12. The van der Waals surface area contributed by atoms with E-state index in [9.17, 15) is 27.6 Å². The van der Waals surface area contributed by atoms with Crippen LogP contribution in [0.15, 0.2) is 70.5 Å². The van der Waals surface area contributed by atoms with Gasteiger partial charge in [0.2, 0.25) is 11.8 Å². The lowest BCUT2D eigenvalue weighted by molar-refractivity contribution is 0.0694. The van der Waals surface area contributed by atoms with Crippen molar-refractivity contribution in [3.63, 3.8) is 0 Å². The topological polar surface area (TPSA) is 260 Å². The molecule has 2 aliphatic rings. The monoisotopic (exact) mass is 816 g/mol. The number of aromatic carboxylic acids is 1. The van der Waals surface area contributed by atoms with Crippen molar-refractivity contribution in [2.24, 2.45) is 14.1 Å². The second-order valence-electron chi connectivity index (χ2n) is 14.4. The molecule has 57 heavy (non-hydrogen) atoms. The van der Waals surface area contributed by atoms with Crippen LogP contribution in [0.5, 0.6) is 11.8 Å². The SMILES string of the molecule is Cn1c(=O)c(C(=O)NCc2ccc(C#N)cc2)cc2ccnc(OCC3(S(C)(=N)=O)CC3)c21.Cn1c(=O)c(C(=O)O)cc2ccnc(OCC3(S(C)(=N)=O)CC3)c21. The number of nitrogens with one attached hydrogen (secondary N) is 3. The third kappa shape index (κ3) is 8.09. The number of carboxylic acids is 1. The van der Waals surface area contributed by atoms with Crippen LogP contribution in [-0.2, 0) is 40.1 Å². The Morgan fingerprint density at radius 3 is 1.67 bits per heavy atom. The van der Waals surface area contributed by atoms with Gasteiger partial charge in [0.1, 0.15) is 35.4 Å². The molecule has 298 valence electrons. The zero-order valence-electron chi connectivity index (χ0n) is 31.5. The van der Waals surface area contributed by atoms with E-state index >= 15 is 0 Å². The Balaban J connectivity index is 0.000000203. The van der Waals surface area contributed by atoms with Gasteiger partial charge >= 0.3 is 5.97 Å².